The second kappa shape index (κ2) is 5.55. The highest BCUT2D eigenvalue weighted by molar-refractivity contribution is 7.90. The van der Waals surface area contributed by atoms with E-state index >= 15 is 0 Å². The van der Waals surface area contributed by atoms with Gasteiger partial charge in [-0.15, -0.1) is 11.3 Å². The Morgan fingerprint density at radius 1 is 1.67 bits per heavy atom. The molecule has 0 fully saturated rings. The number of sulfone groups is 1. The molecule has 0 aliphatic rings. The van der Waals surface area contributed by atoms with Crippen LogP contribution in [0.3, 0.4) is 0 Å². The van der Waals surface area contributed by atoms with Gasteiger partial charge in [0.1, 0.15) is 9.84 Å². The van der Waals surface area contributed by atoms with E-state index in [4.69, 9.17) is 5.84 Å². The van der Waals surface area contributed by atoms with E-state index in [0.717, 1.165) is 5.69 Å². The SMILES string of the molecule is CS(=O)(=O)CCCC(NN)c1cscn1. The largest absolute Gasteiger partial charge is 0.271 e. The van der Waals surface area contributed by atoms with E-state index in [0.29, 0.717) is 12.8 Å². The molecule has 0 amide bonds. The highest BCUT2D eigenvalue weighted by atomic mass is 32.2. The van der Waals surface area contributed by atoms with Crippen LogP contribution < -0.4 is 11.3 Å². The minimum absolute atomic E-state index is 0.0574. The molecule has 0 aliphatic heterocycles. The summed E-state index contributed by atoms with van der Waals surface area (Å²) < 4.78 is 21.8. The van der Waals surface area contributed by atoms with Gasteiger partial charge in [-0.1, -0.05) is 0 Å². The molecule has 1 heterocycles. The number of nitrogens with zero attached hydrogens (tertiary/aromatic N) is 1. The van der Waals surface area contributed by atoms with Gasteiger partial charge >= 0.3 is 0 Å². The first-order valence-corrected chi connectivity index (χ1v) is 7.55. The standard InChI is InChI=1S/C8H15N3O2S2/c1-15(12,13)4-2-3-7(11-9)8-5-14-6-10-8/h5-7,11H,2-4,9H2,1H3. The van der Waals surface area contributed by atoms with Gasteiger partial charge in [0, 0.05) is 17.4 Å². The summed E-state index contributed by atoms with van der Waals surface area (Å²) >= 11 is 1.50. The Kier molecular flexibility index (Phi) is 4.65. The normalized spacial score (nSPS) is 14.0. The molecule has 0 radical (unpaired) electrons. The molecule has 1 atom stereocenters. The summed E-state index contributed by atoms with van der Waals surface area (Å²) in [6.45, 7) is 0. The lowest BCUT2D eigenvalue weighted by Crippen LogP contribution is -2.28. The fourth-order valence-electron chi connectivity index (χ4n) is 1.26. The lowest BCUT2D eigenvalue weighted by molar-refractivity contribution is 0.499. The maximum absolute atomic E-state index is 10.9. The van der Waals surface area contributed by atoms with Crippen molar-refractivity contribution in [3.63, 3.8) is 0 Å². The first-order chi connectivity index (χ1) is 7.03. The minimum Gasteiger partial charge on any atom is -0.271 e. The Morgan fingerprint density at radius 3 is 2.87 bits per heavy atom. The van der Waals surface area contributed by atoms with Crippen LogP contribution in [-0.2, 0) is 9.84 Å². The molecule has 0 bridgehead atoms. The van der Waals surface area contributed by atoms with Gasteiger partial charge in [-0.2, -0.15) is 0 Å². The highest BCUT2D eigenvalue weighted by Gasteiger charge is 2.12. The molecule has 0 aliphatic carbocycles. The second-order valence-electron chi connectivity index (χ2n) is 3.40. The van der Waals surface area contributed by atoms with Gasteiger partial charge < -0.3 is 0 Å². The van der Waals surface area contributed by atoms with Crippen LogP contribution in [0.5, 0.6) is 0 Å². The summed E-state index contributed by atoms with van der Waals surface area (Å²) in [4.78, 5) is 4.13. The van der Waals surface area contributed by atoms with Crippen molar-refractivity contribution in [2.24, 2.45) is 5.84 Å². The van der Waals surface area contributed by atoms with E-state index < -0.39 is 9.84 Å². The van der Waals surface area contributed by atoms with Crippen molar-refractivity contribution in [1.82, 2.24) is 10.4 Å². The number of aromatic nitrogens is 1. The van der Waals surface area contributed by atoms with Gasteiger partial charge in [0.15, 0.2) is 0 Å². The zero-order valence-electron chi connectivity index (χ0n) is 8.51. The molecule has 0 saturated carbocycles. The van der Waals surface area contributed by atoms with Crippen molar-refractivity contribution in [2.45, 2.75) is 18.9 Å². The van der Waals surface area contributed by atoms with Gasteiger partial charge in [0.25, 0.3) is 0 Å². The number of hydrogen-bond acceptors (Lipinski definition) is 6. The molecule has 1 unspecified atom stereocenters. The molecule has 0 aromatic carbocycles. The predicted molar refractivity (Wildman–Crippen MR) is 61.1 cm³/mol. The predicted octanol–water partition coefficient (Wildman–Crippen LogP) is 0.472. The average molecular weight is 249 g/mol. The quantitative estimate of drug-likeness (QED) is 0.565. The summed E-state index contributed by atoms with van der Waals surface area (Å²) in [5, 5.41) is 1.91. The van der Waals surface area contributed by atoms with Crippen LogP contribution in [0.25, 0.3) is 0 Å². The third-order valence-corrected chi connectivity index (χ3v) is 3.65. The average Bonchev–Trinajstić information content (AvgIpc) is 2.63. The molecule has 0 saturated heterocycles. The van der Waals surface area contributed by atoms with E-state index in [9.17, 15) is 8.42 Å². The lowest BCUT2D eigenvalue weighted by Gasteiger charge is -2.12. The van der Waals surface area contributed by atoms with Crippen molar-refractivity contribution < 1.29 is 8.42 Å². The van der Waals surface area contributed by atoms with E-state index in [1.54, 1.807) is 5.51 Å². The molecule has 7 heteroatoms. The Labute approximate surface area is 93.6 Å². The molecule has 1 aromatic heterocycles. The van der Waals surface area contributed by atoms with E-state index in [-0.39, 0.29) is 11.8 Å². The van der Waals surface area contributed by atoms with Gasteiger partial charge in [-0.3, -0.25) is 11.3 Å². The number of hydrogen-bond donors (Lipinski definition) is 2. The number of nitrogens with two attached hydrogens (primary N) is 1. The Hall–Kier alpha value is -0.500. The molecule has 15 heavy (non-hydrogen) atoms. The van der Waals surface area contributed by atoms with Crippen LogP contribution in [-0.4, -0.2) is 25.4 Å². The zero-order chi connectivity index (χ0) is 11.3. The van der Waals surface area contributed by atoms with E-state index in [1.807, 2.05) is 5.38 Å². The van der Waals surface area contributed by atoms with Crippen molar-refractivity contribution in [3.8, 4) is 0 Å². The second-order valence-corrected chi connectivity index (χ2v) is 6.38. The van der Waals surface area contributed by atoms with Crippen molar-refractivity contribution in [1.29, 1.82) is 0 Å². The first-order valence-electron chi connectivity index (χ1n) is 4.55. The highest BCUT2D eigenvalue weighted by Crippen LogP contribution is 2.17. The Bertz CT molecular complexity index is 375. The van der Waals surface area contributed by atoms with Crippen LogP contribution >= 0.6 is 11.3 Å². The molecule has 1 aromatic rings. The van der Waals surface area contributed by atoms with Gasteiger partial charge in [0.05, 0.1) is 17.2 Å². The Morgan fingerprint density at radius 2 is 2.40 bits per heavy atom. The molecule has 3 N–H and O–H groups in total. The van der Waals surface area contributed by atoms with E-state index in [2.05, 4.69) is 10.4 Å². The summed E-state index contributed by atoms with van der Waals surface area (Å²) in [6, 6.07) is -0.0574. The number of thiazole rings is 1. The third kappa shape index (κ3) is 4.70. The summed E-state index contributed by atoms with van der Waals surface area (Å²) in [5.41, 5.74) is 5.24. The van der Waals surface area contributed by atoms with Crippen LogP contribution in [0.15, 0.2) is 10.9 Å². The lowest BCUT2D eigenvalue weighted by atomic mass is 10.1. The summed E-state index contributed by atoms with van der Waals surface area (Å²) in [5.74, 6) is 5.57. The Balaban J connectivity index is 2.42. The monoisotopic (exact) mass is 249 g/mol. The van der Waals surface area contributed by atoms with E-state index in [1.165, 1.54) is 17.6 Å². The fraction of sp³-hybridized carbons (Fsp3) is 0.625. The molecule has 0 spiro atoms. The van der Waals surface area contributed by atoms with Gasteiger partial charge in [-0.05, 0) is 12.8 Å². The maximum atomic E-state index is 10.9. The first kappa shape index (κ1) is 12.6. The summed E-state index contributed by atoms with van der Waals surface area (Å²) in [7, 11) is -2.88. The van der Waals surface area contributed by atoms with Gasteiger partial charge in [0.2, 0.25) is 0 Å². The van der Waals surface area contributed by atoms with Crippen LogP contribution in [0.2, 0.25) is 0 Å². The fourth-order valence-corrected chi connectivity index (χ4v) is 2.56. The molecule has 1 rings (SSSR count). The minimum atomic E-state index is -2.88. The molecular formula is C8H15N3O2S2. The topological polar surface area (TPSA) is 85.1 Å². The molecular weight excluding hydrogens is 234 g/mol. The summed E-state index contributed by atoms with van der Waals surface area (Å²) in [6.07, 6.45) is 2.50. The molecule has 5 nitrogen and oxygen atoms in total. The van der Waals surface area contributed by atoms with Gasteiger partial charge in [-0.25, -0.2) is 13.4 Å². The zero-order valence-corrected chi connectivity index (χ0v) is 10.1. The maximum Gasteiger partial charge on any atom is 0.147 e. The van der Waals surface area contributed by atoms with Crippen LogP contribution in [0.1, 0.15) is 24.6 Å². The van der Waals surface area contributed by atoms with Crippen LogP contribution in [0.4, 0.5) is 0 Å². The third-order valence-electron chi connectivity index (χ3n) is 2.02. The van der Waals surface area contributed by atoms with Crippen molar-refractivity contribution in [3.05, 3.63) is 16.6 Å². The number of hydrazine groups is 1. The van der Waals surface area contributed by atoms with Crippen LogP contribution in [0, 0.1) is 0 Å². The smallest absolute Gasteiger partial charge is 0.147 e. The molecule has 86 valence electrons. The van der Waals surface area contributed by atoms with Crippen molar-refractivity contribution >= 4 is 21.2 Å². The van der Waals surface area contributed by atoms with Crippen molar-refractivity contribution in [2.75, 3.05) is 12.0 Å². The number of rotatable bonds is 6. The number of nitrogens with one attached hydrogen (secondary N) is 1.